The van der Waals surface area contributed by atoms with Gasteiger partial charge in [0.25, 0.3) is 0 Å². The number of ether oxygens (including phenoxy) is 1. The van der Waals surface area contributed by atoms with Gasteiger partial charge in [-0.1, -0.05) is 12.8 Å². The zero-order chi connectivity index (χ0) is 24.2. The van der Waals surface area contributed by atoms with Crippen LogP contribution in [-0.2, 0) is 11.0 Å². The number of carboxylic acid groups (broad SMARTS) is 1. The summed E-state index contributed by atoms with van der Waals surface area (Å²) in [6.45, 7) is 1.36. The highest BCUT2D eigenvalue weighted by Gasteiger charge is 2.37. The van der Waals surface area contributed by atoms with Crippen molar-refractivity contribution in [2.75, 3.05) is 17.7 Å². The number of aromatic nitrogens is 2. The van der Waals surface area contributed by atoms with Gasteiger partial charge in [-0.05, 0) is 31.0 Å². The molecule has 0 saturated heterocycles. The SMILES string of the molecule is COc1cc(C(=O)O)ccc1Nc1ncc(C(F)(F)F)c(NC2CCCCC2NC(C)=O)n1. The van der Waals surface area contributed by atoms with Crippen molar-refractivity contribution >= 4 is 29.3 Å². The van der Waals surface area contributed by atoms with Gasteiger partial charge in [0.15, 0.2) is 0 Å². The summed E-state index contributed by atoms with van der Waals surface area (Å²) >= 11 is 0. The molecule has 3 rings (SSSR count). The lowest BCUT2D eigenvalue weighted by Gasteiger charge is -2.33. The van der Waals surface area contributed by atoms with Gasteiger partial charge in [-0.3, -0.25) is 4.79 Å². The number of nitrogens with one attached hydrogen (secondary N) is 3. The summed E-state index contributed by atoms with van der Waals surface area (Å²) < 4.78 is 46.0. The van der Waals surface area contributed by atoms with Crippen molar-refractivity contribution in [3.63, 3.8) is 0 Å². The van der Waals surface area contributed by atoms with Gasteiger partial charge >= 0.3 is 12.1 Å². The summed E-state index contributed by atoms with van der Waals surface area (Å²) in [5.74, 6) is -1.81. The average Bonchev–Trinajstić information content (AvgIpc) is 2.74. The Labute approximate surface area is 187 Å². The molecule has 0 bridgehead atoms. The maximum atomic E-state index is 13.6. The Kier molecular flexibility index (Phi) is 7.24. The molecule has 2 atom stereocenters. The van der Waals surface area contributed by atoms with Crippen LogP contribution < -0.4 is 20.7 Å². The molecule has 178 valence electrons. The van der Waals surface area contributed by atoms with Crippen LogP contribution in [0, 0.1) is 0 Å². The highest BCUT2D eigenvalue weighted by atomic mass is 19.4. The van der Waals surface area contributed by atoms with E-state index in [-0.39, 0.29) is 34.9 Å². The molecule has 2 unspecified atom stereocenters. The third-order valence-corrected chi connectivity index (χ3v) is 5.27. The standard InChI is InChI=1S/C21H24F3N5O4/c1-11(30)26-14-5-3-4-6-15(14)27-18-13(21(22,23)24)10-25-20(29-18)28-16-8-7-12(19(31)32)9-17(16)33-2/h7-10,14-15H,3-6H2,1-2H3,(H,26,30)(H,31,32)(H2,25,27,28,29). The predicted octanol–water partition coefficient (Wildman–Crippen LogP) is 3.81. The maximum absolute atomic E-state index is 13.6. The Balaban J connectivity index is 1.92. The molecule has 33 heavy (non-hydrogen) atoms. The van der Waals surface area contributed by atoms with Crippen LogP contribution in [0.4, 0.5) is 30.6 Å². The normalized spacial score (nSPS) is 18.3. The van der Waals surface area contributed by atoms with E-state index in [9.17, 15) is 22.8 Å². The molecule has 1 amide bonds. The topological polar surface area (TPSA) is 125 Å². The predicted molar refractivity (Wildman–Crippen MR) is 114 cm³/mol. The summed E-state index contributed by atoms with van der Waals surface area (Å²) in [5.41, 5.74) is -0.773. The van der Waals surface area contributed by atoms with E-state index in [1.54, 1.807) is 0 Å². The lowest BCUT2D eigenvalue weighted by molar-refractivity contribution is -0.137. The quantitative estimate of drug-likeness (QED) is 0.485. The third-order valence-electron chi connectivity index (χ3n) is 5.27. The number of rotatable bonds is 7. The molecule has 1 aromatic heterocycles. The molecular weight excluding hydrogens is 443 g/mol. The minimum Gasteiger partial charge on any atom is -0.495 e. The second kappa shape index (κ2) is 9.92. The number of alkyl halides is 3. The number of carboxylic acids is 1. The largest absolute Gasteiger partial charge is 0.495 e. The van der Waals surface area contributed by atoms with Crippen molar-refractivity contribution in [2.24, 2.45) is 0 Å². The zero-order valence-electron chi connectivity index (χ0n) is 18.0. The molecule has 1 aliphatic carbocycles. The Hall–Kier alpha value is -3.57. The van der Waals surface area contributed by atoms with Crippen molar-refractivity contribution in [1.82, 2.24) is 15.3 Å². The number of carbonyl (C=O) groups excluding carboxylic acids is 1. The number of amides is 1. The van der Waals surface area contributed by atoms with E-state index in [4.69, 9.17) is 9.84 Å². The fourth-order valence-electron chi connectivity index (χ4n) is 3.72. The second-order valence-corrected chi connectivity index (χ2v) is 7.64. The summed E-state index contributed by atoms with van der Waals surface area (Å²) in [5, 5.41) is 17.5. The fraction of sp³-hybridized carbons (Fsp3) is 0.429. The number of hydrogen-bond donors (Lipinski definition) is 4. The molecule has 9 nitrogen and oxygen atoms in total. The molecule has 12 heteroatoms. The van der Waals surface area contributed by atoms with Crippen molar-refractivity contribution in [3.05, 3.63) is 35.5 Å². The summed E-state index contributed by atoms with van der Waals surface area (Å²) in [6.07, 6.45) is -1.15. The minimum absolute atomic E-state index is 0.0191. The number of benzene rings is 1. The van der Waals surface area contributed by atoms with Crippen LogP contribution in [0.5, 0.6) is 5.75 Å². The second-order valence-electron chi connectivity index (χ2n) is 7.64. The summed E-state index contributed by atoms with van der Waals surface area (Å²) in [4.78, 5) is 30.5. The van der Waals surface area contributed by atoms with Crippen molar-refractivity contribution in [3.8, 4) is 5.75 Å². The number of halogens is 3. The molecule has 0 spiro atoms. The maximum Gasteiger partial charge on any atom is 0.421 e. The van der Waals surface area contributed by atoms with Gasteiger partial charge in [-0.15, -0.1) is 0 Å². The van der Waals surface area contributed by atoms with E-state index < -0.39 is 29.6 Å². The number of nitrogens with zero attached hydrogens (tertiary/aromatic N) is 2. The number of carbonyl (C=O) groups is 2. The van der Waals surface area contributed by atoms with Crippen molar-refractivity contribution < 1.29 is 32.6 Å². The van der Waals surface area contributed by atoms with Crippen LogP contribution in [-0.4, -0.2) is 46.1 Å². The first kappa shape index (κ1) is 24.1. The Morgan fingerprint density at radius 1 is 1.18 bits per heavy atom. The molecule has 0 radical (unpaired) electrons. The average molecular weight is 467 g/mol. The molecule has 1 aliphatic rings. The fourth-order valence-corrected chi connectivity index (χ4v) is 3.72. The Bertz CT molecular complexity index is 1030. The van der Waals surface area contributed by atoms with Crippen LogP contribution in [0.15, 0.2) is 24.4 Å². The van der Waals surface area contributed by atoms with Crippen LogP contribution in [0.2, 0.25) is 0 Å². The molecule has 4 N–H and O–H groups in total. The molecule has 0 aliphatic heterocycles. The van der Waals surface area contributed by atoms with Crippen molar-refractivity contribution in [2.45, 2.75) is 50.9 Å². The van der Waals surface area contributed by atoms with Crippen molar-refractivity contribution in [1.29, 1.82) is 0 Å². The smallest absolute Gasteiger partial charge is 0.421 e. The van der Waals surface area contributed by atoms with Gasteiger partial charge < -0.3 is 25.8 Å². The van der Waals surface area contributed by atoms with Crippen LogP contribution in [0.25, 0.3) is 0 Å². The van der Waals surface area contributed by atoms with Gasteiger partial charge in [-0.25, -0.2) is 9.78 Å². The zero-order valence-corrected chi connectivity index (χ0v) is 18.0. The summed E-state index contributed by atoms with van der Waals surface area (Å²) in [7, 11) is 1.33. The van der Waals surface area contributed by atoms with Gasteiger partial charge in [0.05, 0.1) is 18.4 Å². The van der Waals surface area contributed by atoms with Crippen LogP contribution >= 0.6 is 0 Å². The number of methoxy groups -OCH3 is 1. The van der Waals surface area contributed by atoms with Crippen LogP contribution in [0.1, 0.15) is 48.5 Å². The molecule has 1 aromatic carbocycles. The molecule has 1 heterocycles. The lowest BCUT2D eigenvalue weighted by Crippen LogP contribution is -2.48. The van der Waals surface area contributed by atoms with Gasteiger partial charge in [0, 0.05) is 25.2 Å². The number of aromatic carboxylic acids is 1. The third kappa shape index (κ3) is 6.02. The lowest BCUT2D eigenvalue weighted by atomic mass is 9.90. The Morgan fingerprint density at radius 2 is 1.88 bits per heavy atom. The van der Waals surface area contributed by atoms with Gasteiger partial charge in [0.1, 0.15) is 17.1 Å². The molecule has 2 aromatic rings. The number of hydrogen-bond acceptors (Lipinski definition) is 7. The van der Waals surface area contributed by atoms with E-state index in [0.29, 0.717) is 19.0 Å². The van der Waals surface area contributed by atoms with E-state index in [2.05, 4.69) is 25.9 Å². The summed E-state index contributed by atoms with van der Waals surface area (Å²) in [6, 6.07) is 3.23. The van der Waals surface area contributed by atoms with E-state index in [0.717, 1.165) is 12.8 Å². The Morgan fingerprint density at radius 3 is 2.48 bits per heavy atom. The minimum atomic E-state index is -4.69. The first-order valence-electron chi connectivity index (χ1n) is 10.2. The molecule has 1 fully saturated rings. The molecular formula is C21H24F3N5O4. The van der Waals surface area contributed by atoms with Crippen LogP contribution in [0.3, 0.4) is 0 Å². The monoisotopic (exact) mass is 467 g/mol. The van der Waals surface area contributed by atoms with Gasteiger partial charge in [-0.2, -0.15) is 18.2 Å². The highest BCUT2D eigenvalue weighted by Crippen LogP contribution is 2.36. The molecule has 1 saturated carbocycles. The van der Waals surface area contributed by atoms with Gasteiger partial charge in [0.2, 0.25) is 11.9 Å². The number of anilines is 3. The first-order chi connectivity index (χ1) is 15.6. The van der Waals surface area contributed by atoms with E-state index in [1.807, 2.05) is 0 Å². The highest BCUT2D eigenvalue weighted by molar-refractivity contribution is 5.89. The first-order valence-corrected chi connectivity index (χ1v) is 10.2. The van der Waals surface area contributed by atoms with E-state index >= 15 is 0 Å². The van der Waals surface area contributed by atoms with E-state index in [1.165, 1.54) is 32.2 Å².